The molecule has 0 aliphatic rings. The molecule has 0 amide bonds. The summed E-state index contributed by atoms with van der Waals surface area (Å²) in [4.78, 5) is 11.1. The predicted octanol–water partition coefficient (Wildman–Crippen LogP) is -0.471. The molecular weight excluding hydrogens is 194 g/mol. The maximum atomic E-state index is 11.1. The van der Waals surface area contributed by atoms with E-state index in [1.54, 1.807) is 0 Å². The molecular formula is C7H11NO4S. The first-order valence-corrected chi connectivity index (χ1v) is 5.49. The normalized spacial score (nSPS) is 13.3. The van der Waals surface area contributed by atoms with Gasteiger partial charge in [-0.05, 0) is 0 Å². The molecule has 0 aromatic heterocycles. The lowest BCUT2D eigenvalue weighted by molar-refractivity contribution is -0.118. The fourth-order valence-corrected chi connectivity index (χ4v) is 1.53. The van der Waals surface area contributed by atoms with Crippen molar-refractivity contribution in [1.29, 1.82) is 5.26 Å². The summed E-state index contributed by atoms with van der Waals surface area (Å²) in [5.74, 6) is -0.619. The van der Waals surface area contributed by atoms with Gasteiger partial charge < -0.3 is 4.74 Å². The van der Waals surface area contributed by atoms with Gasteiger partial charge in [-0.15, -0.1) is 0 Å². The number of hydrogen-bond donors (Lipinski definition) is 0. The minimum Gasteiger partial charge on any atom is -0.384 e. The van der Waals surface area contributed by atoms with Crippen molar-refractivity contribution in [2.75, 3.05) is 20.0 Å². The topological polar surface area (TPSA) is 84.2 Å². The molecule has 0 fully saturated rings. The monoisotopic (exact) mass is 205 g/mol. The Balaban J connectivity index is 4.46. The Hall–Kier alpha value is -0.930. The molecule has 0 saturated heterocycles. The minimum absolute atomic E-state index is 0.0538. The van der Waals surface area contributed by atoms with Gasteiger partial charge in [-0.1, -0.05) is 0 Å². The molecule has 1 unspecified atom stereocenters. The maximum Gasteiger partial charge on any atom is 0.205 e. The van der Waals surface area contributed by atoms with Gasteiger partial charge in [0.2, 0.25) is 5.25 Å². The summed E-state index contributed by atoms with van der Waals surface area (Å²) < 4.78 is 26.4. The highest BCUT2D eigenvalue weighted by Gasteiger charge is 2.27. The fourth-order valence-electron chi connectivity index (χ4n) is 0.740. The van der Waals surface area contributed by atoms with Crippen molar-refractivity contribution in [2.45, 2.75) is 11.7 Å². The first-order chi connectivity index (χ1) is 5.93. The molecule has 0 radical (unpaired) electrons. The molecule has 0 saturated carbocycles. The van der Waals surface area contributed by atoms with Crippen LogP contribution in [0.4, 0.5) is 0 Å². The highest BCUT2D eigenvalue weighted by atomic mass is 32.2. The highest BCUT2D eigenvalue weighted by Crippen LogP contribution is 2.02. The first-order valence-electron chi connectivity index (χ1n) is 3.53. The Labute approximate surface area is 77.2 Å². The van der Waals surface area contributed by atoms with Crippen LogP contribution in [0.25, 0.3) is 0 Å². The van der Waals surface area contributed by atoms with E-state index >= 15 is 0 Å². The van der Waals surface area contributed by atoms with Gasteiger partial charge in [-0.25, -0.2) is 8.42 Å². The van der Waals surface area contributed by atoms with E-state index in [9.17, 15) is 13.2 Å². The summed E-state index contributed by atoms with van der Waals surface area (Å²) >= 11 is 0. The van der Waals surface area contributed by atoms with E-state index < -0.39 is 20.9 Å². The lowest BCUT2D eigenvalue weighted by Crippen LogP contribution is -2.28. The van der Waals surface area contributed by atoms with Crippen molar-refractivity contribution in [3.63, 3.8) is 0 Å². The van der Waals surface area contributed by atoms with E-state index in [0.29, 0.717) is 0 Å². The van der Waals surface area contributed by atoms with Crippen molar-refractivity contribution in [2.24, 2.45) is 0 Å². The van der Waals surface area contributed by atoms with Crippen LogP contribution in [0.15, 0.2) is 0 Å². The molecule has 0 bridgehead atoms. The van der Waals surface area contributed by atoms with Crippen LogP contribution >= 0.6 is 0 Å². The second-order valence-electron chi connectivity index (χ2n) is 2.55. The molecule has 0 N–H and O–H groups in total. The van der Waals surface area contributed by atoms with Crippen LogP contribution in [-0.2, 0) is 19.4 Å². The summed E-state index contributed by atoms with van der Waals surface area (Å²) in [6.45, 7) is 0.131. The van der Waals surface area contributed by atoms with Crippen molar-refractivity contribution < 1.29 is 17.9 Å². The molecule has 5 nitrogen and oxygen atoms in total. The van der Waals surface area contributed by atoms with Crippen LogP contribution in [0.3, 0.4) is 0 Å². The molecule has 0 spiro atoms. The SMILES string of the molecule is COCCC(=O)C(C#N)S(C)(=O)=O. The lowest BCUT2D eigenvalue weighted by Gasteiger charge is -2.04. The number of carbonyl (C=O) groups excluding carboxylic acids is 1. The summed E-state index contributed by atoms with van der Waals surface area (Å²) in [6.07, 6.45) is 0.813. The maximum absolute atomic E-state index is 11.1. The van der Waals surface area contributed by atoms with Gasteiger partial charge in [-0.2, -0.15) is 5.26 Å². The molecule has 0 aromatic rings. The number of ketones is 1. The van der Waals surface area contributed by atoms with E-state index in [-0.39, 0.29) is 13.0 Å². The summed E-state index contributed by atoms with van der Waals surface area (Å²) in [5, 5.41) is 6.89. The van der Waals surface area contributed by atoms with Crippen LogP contribution in [0.2, 0.25) is 0 Å². The van der Waals surface area contributed by atoms with Gasteiger partial charge >= 0.3 is 0 Å². The van der Waals surface area contributed by atoms with E-state index in [4.69, 9.17) is 5.26 Å². The highest BCUT2D eigenvalue weighted by molar-refractivity contribution is 7.92. The molecule has 13 heavy (non-hydrogen) atoms. The van der Waals surface area contributed by atoms with Crippen LogP contribution < -0.4 is 0 Å². The second-order valence-corrected chi connectivity index (χ2v) is 4.68. The largest absolute Gasteiger partial charge is 0.384 e. The van der Waals surface area contributed by atoms with Crippen LogP contribution in [0.5, 0.6) is 0 Å². The number of ether oxygens (including phenoxy) is 1. The number of nitriles is 1. The zero-order valence-electron chi connectivity index (χ0n) is 7.48. The third-order valence-electron chi connectivity index (χ3n) is 1.39. The Morgan fingerprint density at radius 1 is 1.62 bits per heavy atom. The van der Waals surface area contributed by atoms with E-state index in [0.717, 1.165) is 6.26 Å². The average molecular weight is 205 g/mol. The van der Waals surface area contributed by atoms with E-state index in [2.05, 4.69) is 4.74 Å². The molecule has 0 aliphatic carbocycles. The Bertz CT molecular complexity index is 314. The molecule has 1 atom stereocenters. The standard InChI is InChI=1S/C7H11NO4S/c1-12-4-3-6(9)7(5-8)13(2,10)11/h7H,3-4H2,1-2H3. The van der Waals surface area contributed by atoms with Crippen molar-refractivity contribution in [1.82, 2.24) is 0 Å². The van der Waals surface area contributed by atoms with Gasteiger partial charge in [-0.3, -0.25) is 4.79 Å². The van der Waals surface area contributed by atoms with Crippen LogP contribution in [0, 0.1) is 11.3 Å². The van der Waals surface area contributed by atoms with Gasteiger partial charge in [0, 0.05) is 19.8 Å². The smallest absolute Gasteiger partial charge is 0.205 e. The predicted molar refractivity (Wildman–Crippen MR) is 45.7 cm³/mol. The second kappa shape index (κ2) is 4.94. The van der Waals surface area contributed by atoms with Gasteiger partial charge in [0.15, 0.2) is 15.6 Å². The molecule has 74 valence electrons. The summed E-state index contributed by atoms with van der Waals surface area (Å²) in [6, 6.07) is 1.46. The number of sulfone groups is 1. The van der Waals surface area contributed by atoms with Gasteiger partial charge in [0.05, 0.1) is 12.7 Å². The van der Waals surface area contributed by atoms with Gasteiger partial charge in [0.25, 0.3) is 0 Å². The average Bonchev–Trinajstić information content (AvgIpc) is 1.99. The van der Waals surface area contributed by atoms with Crippen LogP contribution in [-0.4, -0.2) is 39.4 Å². The number of rotatable bonds is 5. The number of methoxy groups -OCH3 is 1. The lowest BCUT2D eigenvalue weighted by atomic mass is 10.2. The Kier molecular flexibility index (Phi) is 4.59. The van der Waals surface area contributed by atoms with Crippen molar-refractivity contribution in [3.8, 4) is 6.07 Å². The third-order valence-corrected chi connectivity index (χ3v) is 2.62. The van der Waals surface area contributed by atoms with Gasteiger partial charge in [0.1, 0.15) is 0 Å². The first kappa shape index (κ1) is 12.1. The zero-order valence-corrected chi connectivity index (χ0v) is 8.30. The van der Waals surface area contributed by atoms with Crippen molar-refractivity contribution >= 4 is 15.6 Å². The molecule has 0 rings (SSSR count). The van der Waals surface area contributed by atoms with Crippen molar-refractivity contribution in [3.05, 3.63) is 0 Å². The minimum atomic E-state index is -3.61. The Morgan fingerprint density at radius 3 is 2.46 bits per heavy atom. The summed E-state index contributed by atoms with van der Waals surface area (Å²) in [7, 11) is -2.21. The van der Waals surface area contributed by atoms with Crippen LogP contribution in [0.1, 0.15) is 6.42 Å². The zero-order chi connectivity index (χ0) is 10.5. The Morgan fingerprint density at radius 2 is 2.15 bits per heavy atom. The summed E-state index contributed by atoms with van der Waals surface area (Å²) in [5.41, 5.74) is 0. The molecule has 6 heteroatoms. The number of nitrogens with zero attached hydrogens (tertiary/aromatic N) is 1. The molecule has 0 aromatic carbocycles. The fraction of sp³-hybridized carbons (Fsp3) is 0.714. The molecule has 0 aliphatic heterocycles. The van der Waals surface area contributed by atoms with E-state index in [1.807, 2.05) is 0 Å². The third kappa shape index (κ3) is 4.01. The number of hydrogen-bond acceptors (Lipinski definition) is 5. The number of carbonyl (C=O) groups is 1. The van der Waals surface area contributed by atoms with E-state index in [1.165, 1.54) is 13.2 Å². The number of Topliss-reactive ketones (excluding diaryl/α,β-unsaturated/α-hetero) is 1. The quantitative estimate of drug-likeness (QED) is 0.605. The molecule has 0 heterocycles.